The van der Waals surface area contributed by atoms with Crippen molar-refractivity contribution in [2.45, 2.75) is 31.7 Å². The molecule has 0 N–H and O–H groups in total. The second kappa shape index (κ2) is 4.19. The highest BCUT2D eigenvalue weighted by Crippen LogP contribution is 2.46. The van der Waals surface area contributed by atoms with Crippen molar-refractivity contribution in [1.82, 2.24) is 9.80 Å². The maximum absolute atomic E-state index is 2.60. The van der Waals surface area contributed by atoms with E-state index in [0.29, 0.717) is 0 Å². The molecule has 0 aliphatic heterocycles. The second-order valence-corrected chi connectivity index (χ2v) is 5.53. The molecule has 2 saturated carbocycles. The molecule has 2 heteroatoms. The first-order chi connectivity index (χ1) is 6.66. The number of hydrogen-bond acceptors (Lipinski definition) is 2. The van der Waals surface area contributed by atoms with Gasteiger partial charge in [-0.15, -0.1) is 0 Å². The van der Waals surface area contributed by atoms with Crippen molar-refractivity contribution in [1.29, 1.82) is 0 Å². The van der Waals surface area contributed by atoms with Crippen LogP contribution < -0.4 is 0 Å². The highest BCUT2D eigenvalue weighted by Gasteiger charge is 2.40. The van der Waals surface area contributed by atoms with Crippen LogP contribution in [0, 0.1) is 11.8 Å². The Kier molecular flexibility index (Phi) is 3.13. The average molecular weight is 196 g/mol. The summed E-state index contributed by atoms with van der Waals surface area (Å²) >= 11 is 0. The molecule has 0 radical (unpaired) electrons. The number of rotatable bonds is 4. The minimum Gasteiger partial charge on any atom is -0.308 e. The molecule has 0 amide bonds. The van der Waals surface area contributed by atoms with E-state index in [9.17, 15) is 0 Å². The first-order valence-corrected chi connectivity index (χ1v) is 6.02. The minimum atomic E-state index is 0.911. The average Bonchev–Trinajstić information content (AvgIpc) is 2.74. The van der Waals surface area contributed by atoms with Crippen LogP contribution >= 0.6 is 0 Å². The molecule has 0 heterocycles. The van der Waals surface area contributed by atoms with E-state index in [0.717, 1.165) is 17.9 Å². The summed E-state index contributed by atoms with van der Waals surface area (Å²) in [6, 6.07) is 0.911. The molecule has 3 unspecified atom stereocenters. The minimum absolute atomic E-state index is 0.911. The summed E-state index contributed by atoms with van der Waals surface area (Å²) in [7, 11) is 6.64. The van der Waals surface area contributed by atoms with Gasteiger partial charge in [-0.1, -0.05) is 6.42 Å². The zero-order chi connectivity index (χ0) is 10.1. The third kappa shape index (κ3) is 2.12. The smallest absolute Gasteiger partial charge is 0.0124 e. The largest absolute Gasteiger partial charge is 0.308 e. The van der Waals surface area contributed by atoms with E-state index < -0.39 is 0 Å². The van der Waals surface area contributed by atoms with Crippen LogP contribution in [0.15, 0.2) is 0 Å². The van der Waals surface area contributed by atoms with Gasteiger partial charge in [-0.2, -0.15) is 0 Å². The van der Waals surface area contributed by atoms with E-state index in [-0.39, 0.29) is 0 Å². The van der Waals surface area contributed by atoms with Crippen LogP contribution in [-0.4, -0.2) is 50.1 Å². The Bertz CT molecular complexity index is 191. The summed E-state index contributed by atoms with van der Waals surface area (Å²) in [5.41, 5.74) is 0. The van der Waals surface area contributed by atoms with Gasteiger partial charge in [0.1, 0.15) is 0 Å². The molecule has 0 saturated heterocycles. The fourth-order valence-electron chi connectivity index (χ4n) is 3.27. The van der Waals surface area contributed by atoms with E-state index in [2.05, 4.69) is 30.9 Å². The van der Waals surface area contributed by atoms with Crippen molar-refractivity contribution in [2.75, 3.05) is 34.2 Å². The lowest BCUT2D eigenvalue weighted by Crippen LogP contribution is -2.39. The molecule has 14 heavy (non-hydrogen) atoms. The first-order valence-electron chi connectivity index (χ1n) is 6.02. The number of likely N-dealkylation sites (N-methyl/N-ethyl adjacent to an activating group) is 2. The second-order valence-electron chi connectivity index (χ2n) is 5.53. The van der Waals surface area contributed by atoms with Gasteiger partial charge in [-0.25, -0.2) is 0 Å². The van der Waals surface area contributed by atoms with Crippen LogP contribution in [0.1, 0.15) is 25.7 Å². The summed E-state index contributed by atoms with van der Waals surface area (Å²) in [4.78, 5) is 4.88. The van der Waals surface area contributed by atoms with Gasteiger partial charge in [0.25, 0.3) is 0 Å². The summed E-state index contributed by atoms with van der Waals surface area (Å²) in [6.45, 7) is 2.44. The molecule has 0 aromatic heterocycles. The van der Waals surface area contributed by atoms with Gasteiger partial charge < -0.3 is 9.80 Å². The number of hydrogen-bond donors (Lipinski definition) is 0. The molecule has 0 aromatic carbocycles. The van der Waals surface area contributed by atoms with E-state index >= 15 is 0 Å². The van der Waals surface area contributed by atoms with E-state index in [1.807, 2.05) is 0 Å². The van der Waals surface area contributed by atoms with Crippen molar-refractivity contribution in [3.8, 4) is 0 Å². The van der Waals surface area contributed by atoms with Gasteiger partial charge in [0.2, 0.25) is 0 Å². The zero-order valence-electron chi connectivity index (χ0n) is 9.87. The molecule has 3 atom stereocenters. The van der Waals surface area contributed by atoms with Crippen molar-refractivity contribution in [3.63, 3.8) is 0 Å². The molecule has 0 aromatic rings. The summed E-state index contributed by atoms with van der Waals surface area (Å²) < 4.78 is 0. The maximum Gasteiger partial charge on any atom is 0.0124 e. The Morgan fingerprint density at radius 1 is 1.00 bits per heavy atom. The van der Waals surface area contributed by atoms with Gasteiger partial charge in [0.15, 0.2) is 0 Å². The van der Waals surface area contributed by atoms with Gasteiger partial charge in [-0.05, 0) is 52.2 Å². The highest BCUT2D eigenvalue weighted by molar-refractivity contribution is 4.94. The van der Waals surface area contributed by atoms with Crippen LogP contribution in [0.5, 0.6) is 0 Å². The van der Waals surface area contributed by atoms with Crippen LogP contribution in [0.25, 0.3) is 0 Å². The Morgan fingerprint density at radius 2 is 1.79 bits per heavy atom. The lowest BCUT2D eigenvalue weighted by molar-refractivity contribution is 0.163. The van der Waals surface area contributed by atoms with E-state index in [1.165, 1.54) is 38.8 Å². The van der Waals surface area contributed by atoms with Crippen LogP contribution in [0.3, 0.4) is 0 Å². The predicted molar refractivity (Wildman–Crippen MR) is 60.4 cm³/mol. The van der Waals surface area contributed by atoms with Crippen LogP contribution in [-0.2, 0) is 0 Å². The Labute approximate surface area is 88.3 Å². The van der Waals surface area contributed by atoms with Crippen molar-refractivity contribution in [3.05, 3.63) is 0 Å². The summed E-state index contributed by atoms with van der Waals surface area (Å²) in [5, 5.41) is 0. The van der Waals surface area contributed by atoms with E-state index in [4.69, 9.17) is 0 Å². The predicted octanol–water partition coefficient (Wildman–Crippen LogP) is 1.67. The van der Waals surface area contributed by atoms with Gasteiger partial charge in [0.05, 0.1) is 0 Å². The molecule has 2 aliphatic carbocycles. The third-order valence-corrected chi connectivity index (χ3v) is 4.17. The number of fused-ring (bicyclic) bond motifs is 2. The topological polar surface area (TPSA) is 6.48 Å². The third-order valence-electron chi connectivity index (χ3n) is 4.17. The van der Waals surface area contributed by atoms with Gasteiger partial charge >= 0.3 is 0 Å². The normalized spacial score (nSPS) is 36.2. The Morgan fingerprint density at radius 3 is 2.29 bits per heavy atom. The van der Waals surface area contributed by atoms with Crippen molar-refractivity contribution < 1.29 is 0 Å². The lowest BCUT2D eigenvalue weighted by atomic mass is 9.94. The fraction of sp³-hybridized carbons (Fsp3) is 1.00. The fourth-order valence-corrected chi connectivity index (χ4v) is 3.27. The SMILES string of the molecule is CN(C)CCN(C)C1CC2CCC1C2. The molecule has 2 aliphatic rings. The molecular weight excluding hydrogens is 172 g/mol. The molecular formula is C12H24N2. The Hall–Kier alpha value is -0.0800. The zero-order valence-corrected chi connectivity index (χ0v) is 9.87. The van der Waals surface area contributed by atoms with E-state index in [1.54, 1.807) is 0 Å². The summed E-state index contributed by atoms with van der Waals surface area (Å²) in [5.74, 6) is 2.11. The highest BCUT2D eigenvalue weighted by atomic mass is 15.2. The molecule has 2 fully saturated rings. The standard InChI is InChI=1S/C12H24N2/c1-13(2)6-7-14(3)12-9-10-4-5-11(12)8-10/h10-12H,4-9H2,1-3H3. The molecule has 2 rings (SSSR count). The van der Waals surface area contributed by atoms with Crippen LogP contribution in [0.4, 0.5) is 0 Å². The van der Waals surface area contributed by atoms with Gasteiger partial charge in [0, 0.05) is 19.1 Å². The monoisotopic (exact) mass is 196 g/mol. The van der Waals surface area contributed by atoms with Crippen molar-refractivity contribution >= 4 is 0 Å². The molecule has 2 bridgehead atoms. The Balaban J connectivity index is 1.78. The number of nitrogens with zero attached hydrogens (tertiary/aromatic N) is 2. The quantitative estimate of drug-likeness (QED) is 0.675. The summed E-state index contributed by atoms with van der Waals surface area (Å²) in [6.07, 6.45) is 6.02. The first kappa shape index (κ1) is 10.4. The molecule has 2 nitrogen and oxygen atoms in total. The molecule has 0 spiro atoms. The van der Waals surface area contributed by atoms with Crippen LogP contribution in [0.2, 0.25) is 0 Å². The van der Waals surface area contributed by atoms with Crippen molar-refractivity contribution in [2.24, 2.45) is 11.8 Å². The molecule has 82 valence electrons. The lowest BCUT2D eigenvalue weighted by Gasteiger charge is -2.32. The van der Waals surface area contributed by atoms with Gasteiger partial charge in [-0.3, -0.25) is 0 Å². The maximum atomic E-state index is 2.60.